The van der Waals surface area contributed by atoms with Crippen LogP contribution in [0, 0.1) is 24.4 Å². The lowest BCUT2D eigenvalue weighted by molar-refractivity contribution is -0.149. The third kappa shape index (κ3) is 4.56. The van der Waals surface area contributed by atoms with Crippen LogP contribution in [0.25, 0.3) is 11.8 Å². The number of amides is 1. The quantitative estimate of drug-likeness (QED) is 0.407. The molecule has 1 aromatic heterocycles. The van der Waals surface area contributed by atoms with Crippen LogP contribution in [-0.2, 0) is 15.1 Å². The Labute approximate surface area is 206 Å². The van der Waals surface area contributed by atoms with Crippen LogP contribution < -0.4 is 4.74 Å². The van der Waals surface area contributed by atoms with Gasteiger partial charge in [-0.05, 0) is 62.2 Å². The van der Waals surface area contributed by atoms with Crippen molar-refractivity contribution < 1.29 is 32.5 Å². The van der Waals surface area contributed by atoms with Crippen molar-refractivity contribution in [3.05, 3.63) is 82.9 Å². The highest BCUT2D eigenvalue weighted by Crippen LogP contribution is 2.35. The summed E-state index contributed by atoms with van der Waals surface area (Å²) >= 11 is 0. The number of aromatic nitrogens is 2. The first-order valence-electron chi connectivity index (χ1n) is 11.2. The Morgan fingerprint density at radius 1 is 1.25 bits per heavy atom. The van der Waals surface area contributed by atoms with Crippen molar-refractivity contribution in [1.29, 1.82) is 0 Å². The maximum Gasteiger partial charge on any atom is 0.289 e. The molecule has 2 atom stereocenters. The van der Waals surface area contributed by atoms with Crippen LogP contribution in [0.3, 0.4) is 0 Å². The molecule has 2 heterocycles. The number of morpholine rings is 1. The average Bonchev–Trinajstić information content (AvgIpc) is 3.29. The van der Waals surface area contributed by atoms with Gasteiger partial charge in [0, 0.05) is 6.20 Å². The van der Waals surface area contributed by atoms with Gasteiger partial charge in [0.2, 0.25) is 0 Å². The molecule has 1 amide bonds. The van der Waals surface area contributed by atoms with E-state index >= 15 is 0 Å². The number of nitrogens with zero attached hydrogens (tertiary/aromatic N) is 3. The zero-order chi connectivity index (χ0) is 26.2. The maximum absolute atomic E-state index is 14.0. The number of benzene rings is 2. The van der Waals surface area contributed by atoms with Crippen molar-refractivity contribution in [2.24, 2.45) is 0 Å². The van der Waals surface area contributed by atoms with Gasteiger partial charge in [0.1, 0.15) is 11.9 Å². The van der Waals surface area contributed by atoms with Gasteiger partial charge in [-0.15, -0.1) is 0 Å². The molecule has 2 aromatic carbocycles. The van der Waals surface area contributed by atoms with Crippen LogP contribution in [0.2, 0.25) is 0 Å². The molecule has 4 rings (SSSR count). The molecule has 7 nitrogen and oxygen atoms in total. The Hall–Kier alpha value is -3.79. The van der Waals surface area contributed by atoms with E-state index < -0.39 is 41.6 Å². The molecule has 1 N–H and O–H groups in total. The summed E-state index contributed by atoms with van der Waals surface area (Å²) in [5, 5.41) is 10.2. The topological polar surface area (TPSA) is 76.8 Å². The summed E-state index contributed by atoms with van der Waals surface area (Å²) in [7, 11) is 1.53. The van der Waals surface area contributed by atoms with E-state index in [1.165, 1.54) is 25.0 Å². The molecule has 1 saturated heterocycles. The summed E-state index contributed by atoms with van der Waals surface area (Å²) in [6, 6.07) is 6.88. The van der Waals surface area contributed by atoms with E-state index in [1.807, 2.05) is 23.8 Å². The van der Waals surface area contributed by atoms with E-state index in [0.717, 1.165) is 23.5 Å². The second-order valence-corrected chi connectivity index (χ2v) is 8.89. The van der Waals surface area contributed by atoms with E-state index in [9.17, 15) is 23.1 Å². The van der Waals surface area contributed by atoms with E-state index in [0.29, 0.717) is 11.3 Å². The molecular formula is C26H26F3N3O4. The number of imidazole rings is 1. The molecule has 0 radical (unpaired) electrons. The number of hydrogen-bond donors (Lipinski definition) is 1. The molecular weight excluding hydrogens is 475 g/mol. The molecule has 0 bridgehead atoms. The predicted molar refractivity (Wildman–Crippen MR) is 126 cm³/mol. The number of aryl methyl sites for hydroxylation is 1. The summed E-state index contributed by atoms with van der Waals surface area (Å²) in [6.07, 6.45) is 4.54. The molecule has 1 aliphatic rings. The van der Waals surface area contributed by atoms with Gasteiger partial charge in [-0.25, -0.2) is 18.2 Å². The van der Waals surface area contributed by atoms with E-state index in [-0.39, 0.29) is 17.9 Å². The zero-order valence-electron chi connectivity index (χ0n) is 20.3. The Bertz CT molecular complexity index is 1320. The van der Waals surface area contributed by atoms with Crippen LogP contribution in [-0.4, -0.2) is 51.8 Å². The smallest absolute Gasteiger partial charge is 0.289 e. The molecule has 1 unspecified atom stereocenters. The number of ether oxygens (including phenoxy) is 2. The standard InChI is InChI=1S/C26H26F3N3O4/c1-15-11-31(14-30-15)21-6-5-17(7-22(21)35-4)8-23-25(34)32(12-16(2)36-23)26(3,13-33)18-9-19(27)24(29)20(28)10-18/h5-11,14,16,33H,12-13H2,1-4H3/t16?,26-/m1/s1. The zero-order valence-corrected chi connectivity index (χ0v) is 20.3. The third-order valence-corrected chi connectivity index (χ3v) is 6.22. The normalized spacial score (nSPS) is 18.8. The van der Waals surface area contributed by atoms with Crippen LogP contribution >= 0.6 is 0 Å². The first-order valence-corrected chi connectivity index (χ1v) is 11.2. The number of aliphatic hydroxyl groups is 1. The van der Waals surface area contributed by atoms with Crippen molar-refractivity contribution in [3.63, 3.8) is 0 Å². The van der Waals surface area contributed by atoms with Gasteiger partial charge in [-0.2, -0.15) is 0 Å². The van der Waals surface area contributed by atoms with Crippen LogP contribution in [0.5, 0.6) is 5.75 Å². The van der Waals surface area contributed by atoms with Gasteiger partial charge in [0.05, 0.1) is 43.5 Å². The number of aliphatic hydroxyl groups excluding tert-OH is 1. The van der Waals surface area contributed by atoms with Crippen LogP contribution in [0.15, 0.2) is 48.6 Å². The molecule has 0 saturated carbocycles. The van der Waals surface area contributed by atoms with Gasteiger partial charge in [0.15, 0.2) is 23.2 Å². The number of hydrogen-bond acceptors (Lipinski definition) is 5. The monoisotopic (exact) mass is 501 g/mol. The number of carbonyl (C=O) groups is 1. The van der Waals surface area contributed by atoms with E-state index in [1.54, 1.807) is 25.4 Å². The minimum Gasteiger partial charge on any atom is -0.495 e. The van der Waals surface area contributed by atoms with Crippen molar-refractivity contribution in [2.45, 2.75) is 32.4 Å². The van der Waals surface area contributed by atoms with E-state index in [2.05, 4.69) is 4.98 Å². The van der Waals surface area contributed by atoms with Crippen molar-refractivity contribution >= 4 is 12.0 Å². The molecule has 10 heteroatoms. The Morgan fingerprint density at radius 3 is 2.53 bits per heavy atom. The predicted octanol–water partition coefficient (Wildman–Crippen LogP) is 4.10. The van der Waals surface area contributed by atoms with Gasteiger partial charge in [-0.1, -0.05) is 6.07 Å². The number of methoxy groups -OCH3 is 1. The highest BCUT2D eigenvalue weighted by atomic mass is 19.2. The Kier molecular flexibility index (Phi) is 6.81. The second-order valence-electron chi connectivity index (χ2n) is 8.89. The van der Waals surface area contributed by atoms with Crippen molar-refractivity contribution in [2.75, 3.05) is 20.3 Å². The molecule has 1 aliphatic heterocycles. The fourth-order valence-corrected chi connectivity index (χ4v) is 4.20. The summed E-state index contributed by atoms with van der Waals surface area (Å²) in [4.78, 5) is 18.9. The van der Waals surface area contributed by atoms with Crippen molar-refractivity contribution in [1.82, 2.24) is 14.5 Å². The lowest BCUT2D eigenvalue weighted by atomic mass is 9.89. The maximum atomic E-state index is 14.0. The van der Waals surface area contributed by atoms with Gasteiger partial charge in [0.25, 0.3) is 5.91 Å². The highest BCUT2D eigenvalue weighted by Gasteiger charge is 2.43. The average molecular weight is 502 g/mol. The molecule has 1 fully saturated rings. The van der Waals surface area contributed by atoms with Crippen LogP contribution in [0.1, 0.15) is 30.7 Å². The highest BCUT2D eigenvalue weighted by molar-refractivity contribution is 5.97. The summed E-state index contributed by atoms with van der Waals surface area (Å²) in [5.74, 6) is -4.52. The fraction of sp³-hybridized carbons (Fsp3) is 0.308. The molecule has 36 heavy (non-hydrogen) atoms. The summed E-state index contributed by atoms with van der Waals surface area (Å²) in [5.41, 5.74) is 0.578. The van der Waals surface area contributed by atoms with Gasteiger partial charge in [-0.3, -0.25) is 4.79 Å². The minimum atomic E-state index is -1.62. The number of carbonyl (C=O) groups excluding carboxylic acids is 1. The largest absolute Gasteiger partial charge is 0.495 e. The fourth-order valence-electron chi connectivity index (χ4n) is 4.20. The van der Waals surface area contributed by atoms with Gasteiger partial charge >= 0.3 is 0 Å². The SMILES string of the molecule is COc1cc(C=C2OC(C)CN([C@](C)(CO)c3cc(F)c(F)c(F)c3)C2=O)ccc1-n1cnc(C)c1. The number of halogens is 3. The van der Waals surface area contributed by atoms with Crippen molar-refractivity contribution in [3.8, 4) is 11.4 Å². The summed E-state index contributed by atoms with van der Waals surface area (Å²) in [6.45, 7) is 4.43. The molecule has 0 aliphatic carbocycles. The lowest BCUT2D eigenvalue weighted by Crippen LogP contribution is -2.56. The lowest BCUT2D eigenvalue weighted by Gasteiger charge is -2.44. The Balaban J connectivity index is 1.71. The molecule has 0 spiro atoms. The van der Waals surface area contributed by atoms with Crippen LogP contribution in [0.4, 0.5) is 13.2 Å². The summed E-state index contributed by atoms with van der Waals surface area (Å²) < 4.78 is 54.6. The number of rotatable bonds is 6. The van der Waals surface area contributed by atoms with E-state index in [4.69, 9.17) is 9.47 Å². The minimum absolute atomic E-state index is 0.0234. The Morgan fingerprint density at radius 2 is 1.94 bits per heavy atom. The molecule has 3 aromatic rings. The van der Waals surface area contributed by atoms with Gasteiger partial charge < -0.3 is 24.0 Å². The molecule has 190 valence electrons. The second kappa shape index (κ2) is 9.69. The first kappa shape index (κ1) is 25.3. The third-order valence-electron chi connectivity index (χ3n) is 6.22. The first-order chi connectivity index (χ1) is 17.1.